The number of benzene rings is 1. The SMILES string of the molecule is CCNC(=O)CNCC(C)c1ccccc1. The molecule has 0 saturated carbocycles. The maximum atomic E-state index is 11.2. The van der Waals surface area contributed by atoms with E-state index in [-0.39, 0.29) is 5.91 Å². The summed E-state index contributed by atoms with van der Waals surface area (Å²) in [5.41, 5.74) is 1.30. The van der Waals surface area contributed by atoms with Gasteiger partial charge in [0.25, 0.3) is 0 Å². The van der Waals surface area contributed by atoms with E-state index < -0.39 is 0 Å². The van der Waals surface area contributed by atoms with E-state index in [9.17, 15) is 4.79 Å². The predicted molar refractivity (Wildman–Crippen MR) is 66.4 cm³/mol. The minimum Gasteiger partial charge on any atom is -0.355 e. The molecule has 88 valence electrons. The fourth-order valence-electron chi connectivity index (χ4n) is 1.56. The van der Waals surface area contributed by atoms with E-state index in [1.165, 1.54) is 5.56 Å². The molecular formula is C13H20N2O. The maximum Gasteiger partial charge on any atom is 0.233 e. The molecule has 1 rings (SSSR count). The Morgan fingerprint density at radius 3 is 2.62 bits per heavy atom. The van der Waals surface area contributed by atoms with E-state index in [1.807, 2.05) is 25.1 Å². The Kier molecular flexibility index (Phi) is 5.57. The molecule has 0 aliphatic heterocycles. The molecule has 1 aromatic rings. The largest absolute Gasteiger partial charge is 0.355 e. The molecule has 3 heteroatoms. The van der Waals surface area contributed by atoms with Gasteiger partial charge in [0.2, 0.25) is 5.91 Å². The molecule has 0 heterocycles. The van der Waals surface area contributed by atoms with Crippen molar-refractivity contribution >= 4 is 5.91 Å². The first-order valence-electron chi connectivity index (χ1n) is 5.76. The van der Waals surface area contributed by atoms with Crippen molar-refractivity contribution in [2.24, 2.45) is 0 Å². The van der Waals surface area contributed by atoms with Crippen molar-refractivity contribution in [2.45, 2.75) is 19.8 Å². The van der Waals surface area contributed by atoms with Gasteiger partial charge in [-0.05, 0) is 18.4 Å². The standard InChI is InChI=1S/C13H20N2O/c1-3-15-13(16)10-14-9-11(2)12-7-5-4-6-8-12/h4-8,11,14H,3,9-10H2,1-2H3,(H,15,16). The summed E-state index contributed by atoms with van der Waals surface area (Å²) in [4.78, 5) is 11.2. The van der Waals surface area contributed by atoms with Gasteiger partial charge in [-0.15, -0.1) is 0 Å². The summed E-state index contributed by atoms with van der Waals surface area (Å²) in [5, 5.41) is 5.91. The Hall–Kier alpha value is -1.35. The molecule has 1 unspecified atom stereocenters. The molecule has 1 aromatic carbocycles. The third-order valence-electron chi connectivity index (χ3n) is 2.48. The number of nitrogens with one attached hydrogen (secondary N) is 2. The normalized spacial score (nSPS) is 12.1. The van der Waals surface area contributed by atoms with Crippen LogP contribution in [0.2, 0.25) is 0 Å². The fourth-order valence-corrected chi connectivity index (χ4v) is 1.56. The zero-order chi connectivity index (χ0) is 11.8. The number of hydrogen-bond acceptors (Lipinski definition) is 2. The molecule has 1 atom stereocenters. The van der Waals surface area contributed by atoms with Crippen molar-refractivity contribution in [1.29, 1.82) is 0 Å². The van der Waals surface area contributed by atoms with Crippen molar-refractivity contribution in [3.63, 3.8) is 0 Å². The molecule has 0 aromatic heterocycles. The first-order chi connectivity index (χ1) is 7.74. The van der Waals surface area contributed by atoms with Crippen molar-refractivity contribution in [1.82, 2.24) is 10.6 Å². The molecule has 0 saturated heterocycles. The van der Waals surface area contributed by atoms with E-state index in [0.717, 1.165) is 6.54 Å². The highest BCUT2D eigenvalue weighted by molar-refractivity contribution is 5.77. The smallest absolute Gasteiger partial charge is 0.233 e. The Bertz CT molecular complexity index is 311. The second-order valence-corrected chi connectivity index (χ2v) is 3.90. The molecule has 0 bridgehead atoms. The summed E-state index contributed by atoms with van der Waals surface area (Å²) in [6.07, 6.45) is 0. The summed E-state index contributed by atoms with van der Waals surface area (Å²) in [6, 6.07) is 10.3. The van der Waals surface area contributed by atoms with Crippen LogP contribution < -0.4 is 10.6 Å². The number of hydrogen-bond donors (Lipinski definition) is 2. The molecule has 0 aliphatic carbocycles. The first kappa shape index (κ1) is 12.7. The summed E-state index contributed by atoms with van der Waals surface area (Å²) in [7, 11) is 0. The minimum atomic E-state index is 0.0581. The lowest BCUT2D eigenvalue weighted by molar-refractivity contribution is -0.120. The Balaban J connectivity index is 2.26. The number of carbonyl (C=O) groups excluding carboxylic acids is 1. The van der Waals surface area contributed by atoms with Crippen LogP contribution in [0.3, 0.4) is 0 Å². The van der Waals surface area contributed by atoms with E-state index in [0.29, 0.717) is 19.0 Å². The fraction of sp³-hybridized carbons (Fsp3) is 0.462. The molecule has 1 amide bonds. The predicted octanol–water partition coefficient (Wildman–Crippen LogP) is 1.52. The number of carbonyl (C=O) groups is 1. The number of amides is 1. The molecule has 0 aliphatic rings. The van der Waals surface area contributed by atoms with Gasteiger partial charge in [0.1, 0.15) is 0 Å². The molecule has 0 radical (unpaired) electrons. The van der Waals surface area contributed by atoms with Crippen LogP contribution in [-0.4, -0.2) is 25.5 Å². The molecule has 0 spiro atoms. The molecule has 2 N–H and O–H groups in total. The van der Waals surface area contributed by atoms with Crippen LogP contribution in [0.4, 0.5) is 0 Å². The first-order valence-corrected chi connectivity index (χ1v) is 5.76. The molecule has 3 nitrogen and oxygen atoms in total. The summed E-state index contributed by atoms with van der Waals surface area (Å²) >= 11 is 0. The lowest BCUT2D eigenvalue weighted by Gasteiger charge is -2.12. The quantitative estimate of drug-likeness (QED) is 0.763. The Labute approximate surface area is 97.2 Å². The maximum absolute atomic E-state index is 11.2. The second kappa shape index (κ2) is 7.01. The van der Waals surface area contributed by atoms with Gasteiger partial charge < -0.3 is 10.6 Å². The monoisotopic (exact) mass is 220 g/mol. The van der Waals surface area contributed by atoms with Crippen LogP contribution in [0.15, 0.2) is 30.3 Å². The Morgan fingerprint density at radius 1 is 1.31 bits per heavy atom. The van der Waals surface area contributed by atoms with E-state index in [4.69, 9.17) is 0 Å². The van der Waals surface area contributed by atoms with E-state index in [1.54, 1.807) is 0 Å². The van der Waals surface area contributed by atoms with Gasteiger partial charge in [0.15, 0.2) is 0 Å². The lowest BCUT2D eigenvalue weighted by Crippen LogP contribution is -2.35. The average molecular weight is 220 g/mol. The highest BCUT2D eigenvalue weighted by Crippen LogP contribution is 2.12. The highest BCUT2D eigenvalue weighted by Gasteiger charge is 2.05. The van der Waals surface area contributed by atoms with Gasteiger partial charge in [0, 0.05) is 13.1 Å². The van der Waals surface area contributed by atoms with E-state index in [2.05, 4.69) is 29.7 Å². The summed E-state index contributed by atoms with van der Waals surface area (Å²) in [5.74, 6) is 0.485. The van der Waals surface area contributed by atoms with Gasteiger partial charge in [0.05, 0.1) is 6.54 Å². The van der Waals surface area contributed by atoms with Gasteiger partial charge in [-0.1, -0.05) is 37.3 Å². The molecule has 16 heavy (non-hydrogen) atoms. The molecular weight excluding hydrogens is 200 g/mol. The van der Waals surface area contributed by atoms with Crippen LogP contribution in [0.5, 0.6) is 0 Å². The van der Waals surface area contributed by atoms with Crippen molar-refractivity contribution < 1.29 is 4.79 Å². The number of rotatable bonds is 6. The zero-order valence-corrected chi connectivity index (χ0v) is 9.99. The van der Waals surface area contributed by atoms with Crippen molar-refractivity contribution in [3.05, 3.63) is 35.9 Å². The highest BCUT2D eigenvalue weighted by atomic mass is 16.1. The third kappa shape index (κ3) is 4.45. The zero-order valence-electron chi connectivity index (χ0n) is 9.99. The van der Waals surface area contributed by atoms with Gasteiger partial charge in [-0.25, -0.2) is 0 Å². The van der Waals surface area contributed by atoms with Crippen molar-refractivity contribution in [2.75, 3.05) is 19.6 Å². The van der Waals surface area contributed by atoms with Crippen LogP contribution in [-0.2, 0) is 4.79 Å². The topological polar surface area (TPSA) is 41.1 Å². The third-order valence-corrected chi connectivity index (χ3v) is 2.48. The van der Waals surface area contributed by atoms with Crippen molar-refractivity contribution in [3.8, 4) is 0 Å². The number of likely N-dealkylation sites (N-methyl/N-ethyl adjacent to an activating group) is 1. The van der Waals surface area contributed by atoms with Gasteiger partial charge in [-0.2, -0.15) is 0 Å². The van der Waals surface area contributed by atoms with Gasteiger partial charge in [-0.3, -0.25) is 4.79 Å². The van der Waals surface area contributed by atoms with Crippen LogP contribution in [0, 0.1) is 0 Å². The lowest BCUT2D eigenvalue weighted by atomic mass is 10.0. The Morgan fingerprint density at radius 2 is 2.00 bits per heavy atom. The summed E-state index contributed by atoms with van der Waals surface area (Å²) < 4.78 is 0. The van der Waals surface area contributed by atoms with Crippen LogP contribution in [0.25, 0.3) is 0 Å². The van der Waals surface area contributed by atoms with E-state index >= 15 is 0 Å². The average Bonchev–Trinajstić information content (AvgIpc) is 2.30. The van der Waals surface area contributed by atoms with Crippen LogP contribution >= 0.6 is 0 Å². The summed E-state index contributed by atoms with van der Waals surface area (Å²) in [6.45, 7) is 5.98. The van der Waals surface area contributed by atoms with Gasteiger partial charge >= 0.3 is 0 Å². The second-order valence-electron chi connectivity index (χ2n) is 3.90. The molecule has 0 fully saturated rings. The minimum absolute atomic E-state index is 0.0581. The van der Waals surface area contributed by atoms with Crippen LogP contribution in [0.1, 0.15) is 25.3 Å².